The van der Waals surface area contributed by atoms with Crippen LogP contribution in [0.4, 0.5) is 11.4 Å². The minimum atomic E-state index is -3.51. The van der Waals surface area contributed by atoms with Crippen LogP contribution in [0.25, 0.3) is 0 Å². The second-order valence-electron chi connectivity index (χ2n) is 6.25. The van der Waals surface area contributed by atoms with Crippen LogP contribution in [0.15, 0.2) is 63.5 Å². The molecule has 0 radical (unpaired) electrons. The maximum absolute atomic E-state index is 12.5. The molecule has 10 heteroatoms. The Kier molecular flexibility index (Phi) is 6.68. The van der Waals surface area contributed by atoms with Crippen molar-refractivity contribution in [3.05, 3.63) is 70.6 Å². The molecule has 0 unspecified atom stereocenters. The first-order valence-electron chi connectivity index (χ1n) is 8.68. The molecule has 0 bridgehead atoms. The summed E-state index contributed by atoms with van der Waals surface area (Å²) >= 11 is 3.36. The van der Waals surface area contributed by atoms with Gasteiger partial charge in [0.1, 0.15) is 23.9 Å². The molecule has 0 atom stereocenters. The Labute approximate surface area is 182 Å². The summed E-state index contributed by atoms with van der Waals surface area (Å²) in [4.78, 5) is 12.5. The molecule has 1 amide bonds. The van der Waals surface area contributed by atoms with Gasteiger partial charge in [0.15, 0.2) is 5.76 Å². The monoisotopic (exact) mass is 494 g/mol. The van der Waals surface area contributed by atoms with Gasteiger partial charge < -0.3 is 19.2 Å². The van der Waals surface area contributed by atoms with Crippen molar-refractivity contribution < 1.29 is 27.1 Å². The standard InChI is InChI=1S/C20H19BrN2O6S/c1-27-18-9-5-14(11-17(18)23-30(2,25)26)22-20(24)19-10-8-16(29-19)12-28-15-6-3-13(21)4-7-15/h3-11,23H,12H2,1-2H3,(H,22,24). The lowest BCUT2D eigenvalue weighted by molar-refractivity contribution is 0.0992. The number of hydrogen-bond acceptors (Lipinski definition) is 6. The van der Waals surface area contributed by atoms with Crippen LogP contribution in [0, 0.1) is 0 Å². The van der Waals surface area contributed by atoms with E-state index in [1.807, 2.05) is 24.3 Å². The fourth-order valence-corrected chi connectivity index (χ4v) is 3.34. The number of anilines is 2. The minimum absolute atomic E-state index is 0.0952. The maximum atomic E-state index is 12.5. The molecule has 0 saturated heterocycles. The van der Waals surface area contributed by atoms with E-state index in [-0.39, 0.29) is 18.1 Å². The van der Waals surface area contributed by atoms with E-state index in [2.05, 4.69) is 26.0 Å². The largest absolute Gasteiger partial charge is 0.495 e. The summed E-state index contributed by atoms with van der Waals surface area (Å²) in [5.74, 6) is 1.09. The van der Waals surface area contributed by atoms with E-state index in [0.29, 0.717) is 22.9 Å². The molecule has 8 nitrogen and oxygen atoms in total. The fourth-order valence-electron chi connectivity index (χ4n) is 2.52. The lowest BCUT2D eigenvalue weighted by Crippen LogP contribution is -2.13. The van der Waals surface area contributed by atoms with Crippen LogP contribution in [-0.4, -0.2) is 27.7 Å². The number of carbonyl (C=O) groups is 1. The van der Waals surface area contributed by atoms with Crippen molar-refractivity contribution in [3.8, 4) is 11.5 Å². The zero-order valence-electron chi connectivity index (χ0n) is 16.1. The lowest BCUT2D eigenvalue weighted by atomic mass is 10.2. The summed E-state index contributed by atoms with van der Waals surface area (Å²) < 4.78 is 42.6. The molecule has 3 aromatic rings. The average Bonchev–Trinajstić information content (AvgIpc) is 3.16. The van der Waals surface area contributed by atoms with Crippen LogP contribution in [0.5, 0.6) is 11.5 Å². The summed E-state index contributed by atoms with van der Waals surface area (Å²) in [5.41, 5.74) is 0.580. The van der Waals surface area contributed by atoms with Crippen molar-refractivity contribution in [2.75, 3.05) is 23.4 Å². The van der Waals surface area contributed by atoms with Gasteiger partial charge in [-0.25, -0.2) is 8.42 Å². The van der Waals surface area contributed by atoms with Crippen LogP contribution >= 0.6 is 15.9 Å². The van der Waals surface area contributed by atoms with Crippen molar-refractivity contribution >= 4 is 43.2 Å². The van der Waals surface area contributed by atoms with Gasteiger partial charge in [0.2, 0.25) is 10.0 Å². The second-order valence-corrected chi connectivity index (χ2v) is 8.92. The third kappa shape index (κ3) is 6.01. The van der Waals surface area contributed by atoms with Crippen LogP contribution in [0.1, 0.15) is 16.3 Å². The molecule has 0 spiro atoms. The number of rotatable bonds is 8. The number of hydrogen-bond donors (Lipinski definition) is 2. The van der Waals surface area contributed by atoms with E-state index in [9.17, 15) is 13.2 Å². The zero-order valence-corrected chi connectivity index (χ0v) is 18.5. The normalized spacial score (nSPS) is 11.0. The highest BCUT2D eigenvalue weighted by atomic mass is 79.9. The molecule has 1 aromatic heterocycles. The van der Waals surface area contributed by atoms with Crippen molar-refractivity contribution in [2.45, 2.75) is 6.61 Å². The summed E-state index contributed by atoms with van der Waals surface area (Å²) in [6.45, 7) is 0.167. The molecule has 3 rings (SSSR count). The second kappa shape index (κ2) is 9.23. The van der Waals surface area contributed by atoms with Gasteiger partial charge in [-0.05, 0) is 54.6 Å². The van der Waals surface area contributed by atoms with Gasteiger partial charge in [-0.2, -0.15) is 0 Å². The number of amides is 1. The number of ether oxygens (including phenoxy) is 2. The Morgan fingerprint density at radius 2 is 1.83 bits per heavy atom. The van der Waals surface area contributed by atoms with Gasteiger partial charge in [0.25, 0.3) is 5.91 Å². The average molecular weight is 495 g/mol. The number of sulfonamides is 1. The van der Waals surface area contributed by atoms with Crippen molar-refractivity contribution in [1.29, 1.82) is 0 Å². The molecular weight excluding hydrogens is 476 g/mol. The molecule has 30 heavy (non-hydrogen) atoms. The van der Waals surface area contributed by atoms with E-state index in [1.54, 1.807) is 18.2 Å². The van der Waals surface area contributed by atoms with Gasteiger partial charge in [0.05, 0.1) is 19.1 Å². The van der Waals surface area contributed by atoms with E-state index >= 15 is 0 Å². The molecule has 0 aliphatic heterocycles. The summed E-state index contributed by atoms with van der Waals surface area (Å²) in [7, 11) is -2.09. The van der Waals surface area contributed by atoms with Crippen molar-refractivity contribution in [3.63, 3.8) is 0 Å². The molecule has 2 N–H and O–H groups in total. The number of methoxy groups -OCH3 is 1. The van der Waals surface area contributed by atoms with Crippen LogP contribution in [0.2, 0.25) is 0 Å². The van der Waals surface area contributed by atoms with E-state index in [1.165, 1.54) is 19.2 Å². The molecular formula is C20H19BrN2O6S. The fraction of sp³-hybridized carbons (Fsp3) is 0.150. The predicted octanol–water partition coefficient (Wildman–Crippen LogP) is 4.25. The van der Waals surface area contributed by atoms with E-state index in [0.717, 1.165) is 10.7 Å². The van der Waals surface area contributed by atoms with Crippen LogP contribution in [-0.2, 0) is 16.6 Å². The van der Waals surface area contributed by atoms with Crippen LogP contribution in [0.3, 0.4) is 0 Å². The van der Waals surface area contributed by atoms with Crippen molar-refractivity contribution in [1.82, 2.24) is 0 Å². The molecule has 0 aliphatic rings. The molecule has 0 fully saturated rings. The Morgan fingerprint density at radius 3 is 2.50 bits per heavy atom. The number of carbonyl (C=O) groups excluding carboxylic acids is 1. The summed E-state index contributed by atoms with van der Waals surface area (Å²) in [5, 5.41) is 2.66. The Bertz CT molecular complexity index is 1140. The highest BCUT2D eigenvalue weighted by molar-refractivity contribution is 9.10. The molecule has 1 heterocycles. The Morgan fingerprint density at radius 1 is 1.10 bits per heavy atom. The van der Waals surface area contributed by atoms with Gasteiger partial charge in [-0.1, -0.05) is 15.9 Å². The predicted molar refractivity (Wildman–Crippen MR) is 117 cm³/mol. The minimum Gasteiger partial charge on any atom is -0.495 e. The number of benzene rings is 2. The SMILES string of the molecule is COc1ccc(NC(=O)c2ccc(COc3ccc(Br)cc3)o2)cc1NS(C)(=O)=O. The number of halogens is 1. The zero-order chi connectivity index (χ0) is 21.7. The number of furan rings is 1. The molecule has 0 aliphatic carbocycles. The summed E-state index contributed by atoms with van der Waals surface area (Å²) in [6, 6.07) is 15.1. The first-order chi connectivity index (χ1) is 14.2. The third-order valence-electron chi connectivity index (χ3n) is 3.83. The quantitative estimate of drug-likeness (QED) is 0.484. The number of nitrogens with one attached hydrogen (secondary N) is 2. The highest BCUT2D eigenvalue weighted by Gasteiger charge is 2.14. The van der Waals surface area contributed by atoms with Crippen molar-refractivity contribution in [2.24, 2.45) is 0 Å². The molecule has 2 aromatic carbocycles. The van der Waals surface area contributed by atoms with Gasteiger partial charge in [-0.3, -0.25) is 9.52 Å². The van der Waals surface area contributed by atoms with Gasteiger partial charge in [0, 0.05) is 10.2 Å². The topological polar surface area (TPSA) is 107 Å². The maximum Gasteiger partial charge on any atom is 0.291 e. The highest BCUT2D eigenvalue weighted by Crippen LogP contribution is 2.29. The summed E-state index contributed by atoms with van der Waals surface area (Å²) in [6.07, 6.45) is 1.03. The van der Waals surface area contributed by atoms with Crippen LogP contribution < -0.4 is 19.5 Å². The smallest absolute Gasteiger partial charge is 0.291 e. The Hall–Kier alpha value is -2.98. The lowest BCUT2D eigenvalue weighted by Gasteiger charge is -2.12. The molecule has 158 valence electrons. The molecule has 0 saturated carbocycles. The Balaban J connectivity index is 1.66. The van der Waals surface area contributed by atoms with E-state index < -0.39 is 15.9 Å². The van der Waals surface area contributed by atoms with Gasteiger partial charge in [-0.15, -0.1) is 0 Å². The third-order valence-corrected chi connectivity index (χ3v) is 4.95. The van der Waals surface area contributed by atoms with Gasteiger partial charge >= 0.3 is 0 Å². The first kappa shape index (κ1) is 21.7. The first-order valence-corrected chi connectivity index (χ1v) is 11.4. The van der Waals surface area contributed by atoms with E-state index in [4.69, 9.17) is 13.9 Å².